The van der Waals surface area contributed by atoms with Gasteiger partial charge in [0.05, 0.1) is 4.92 Å². The molecule has 0 atom stereocenters. The SMILES string of the molecule is NC(=O)NC(=O)c1c(F)ccc([N+](=O)[O-])c1F. The molecule has 17 heavy (non-hydrogen) atoms. The minimum atomic E-state index is -1.67. The van der Waals surface area contributed by atoms with Crippen molar-refractivity contribution in [3.8, 4) is 0 Å². The number of nitro groups is 1. The van der Waals surface area contributed by atoms with Crippen LogP contribution in [0.2, 0.25) is 0 Å². The van der Waals surface area contributed by atoms with Crippen molar-refractivity contribution in [2.24, 2.45) is 5.73 Å². The molecule has 0 saturated heterocycles. The first-order chi connectivity index (χ1) is 7.84. The fourth-order valence-corrected chi connectivity index (χ4v) is 1.07. The Labute approximate surface area is 92.4 Å². The lowest BCUT2D eigenvalue weighted by atomic mass is 10.1. The molecule has 0 radical (unpaired) electrons. The number of nitrogens with two attached hydrogens (primary N) is 1. The topological polar surface area (TPSA) is 115 Å². The largest absolute Gasteiger partial charge is 0.351 e. The molecule has 0 fully saturated rings. The molecular formula is C8H5F2N3O4. The second-order valence-corrected chi connectivity index (χ2v) is 2.83. The van der Waals surface area contributed by atoms with Gasteiger partial charge < -0.3 is 5.73 Å². The summed E-state index contributed by atoms with van der Waals surface area (Å²) in [5.41, 5.74) is 2.26. The number of halogens is 2. The Hall–Kier alpha value is -2.58. The zero-order chi connectivity index (χ0) is 13.2. The van der Waals surface area contributed by atoms with Crippen LogP contribution in [0, 0.1) is 21.7 Å². The third-order valence-corrected chi connectivity index (χ3v) is 1.73. The average Bonchev–Trinajstić information content (AvgIpc) is 2.15. The van der Waals surface area contributed by atoms with Crippen LogP contribution in [-0.4, -0.2) is 16.9 Å². The van der Waals surface area contributed by atoms with Crippen LogP contribution in [0.4, 0.5) is 19.3 Å². The molecule has 0 spiro atoms. The number of urea groups is 1. The second kappa shape index (κ2) is 4.51. The molecule has 1 aromatic carbocycles. The van der Waals surface area contributed by atoms with Gasteiger partial charge in [0.2, 0.25) is 5.82 Å². The Morgan fingerprint density at radius 1 is 1.35 bits per heavy atom. The third-order valence-electron chi connectivity index (χ3n) is 1.73. The van der Waals surface area contributed by atoms with E-state index >= 15 is 0 Å². The van der Waals surface area contributed by atoms with Crippen molar-refractivity contribution >= 4 is 17.6 Å². The molecule has 0 aliphatic rings. The predicted octanol–water partition coefficient (Wildman–Crippen LogP) is 0.681. The highest BCUT2D eigenvalue weighted by atomic mass is 19.1. The molecule has 0 saturated carbocycles. The molecule has 1 aromatic rings. The summed E-state index contributed by atoms with van der Waals surface area (Å²) >= 11 is 0. The second-order valence-electron chi connectivity index (χ2n) is 2.83. The van der Waals surface area contributed by atoms with E-state index in [-0.39, 0.29) is 0 Å². The number of carbonyl (C=O) groups is 2. The fraction of sp³-hybridized carbons (Fsp3) is 0. The minimum absolute atomic E-state index is 0.539. The number of carbonyl (C=O) groups excluding carboxylic acids is 2. The Kier molecular flexibility index (Phi) is 3.31. The number of hydrogen-bond donors (Lipinski definition) is 2. The summed E-state index contributed by atoms with van der Waals surface area (Å²) in [5.74, 6) is -4.50. The number of nitro benzene ring substituents is 1. The highest BCUT2D eigenvalue weighted by Crippen LogP contribution is 2.22. The molecular weight excluding hydrogens is 240 g/mol. The van der Waals surface area contributed by atoms with Crippen molar-refractivity contribution < 1.29 is 23.3 Å². The van der Waals surface area contributed by atoms with Gasteiger partial charge in [0, 0.05) is 6.07 Å². The molecule has 0 unspecified atom stereocenters. The highest BCUT2D eigenvalue weighted by molar-refractivity contribution is 6.04. The highest BCUT2D eigenvalue weighted by Gasteiger charge is 2.26. The van der Waals surface area contributed by atoms with E-state index in [4.69, 9.17) is 0 Å². The normalized spacial score (nSPS) is 9.76. The number of primary amides is 1. The summed E-state index contributed by atoms with van der Waals surface area (Å²) in [6.45, 7) is 0. The first-order valence-electron chi connectivity index (χ1n) is 4.07. The quantitative estimate of drug-likeness (QED) is 0.588. The summed E-state index contributed by atoms with van der Waals surface area (Å²) in [5, 5.41) is 11.8. The Bertz CT molecular complexity index is 518. The van der Waals surface area contributed by atoms with Crippen LogP contribution in [-0.2, 0) is 0 Å². The number of imide groups is 1. The van der Waals surface area contributed by atoms with Crippen LogP contribution < -0.4 is 11.1 Å². The van der Waals surface area contributed by atoms with Crippen molar-refractivity contribution in [3.05, 3.63) is 39.4 Å². The van der Waals surface area contributed by atoms with E-state index in [9.17, 15) is 28.5 Å². The van der Waals surface area contributed by atoms with Gasteiger partial charge in [0.1, 0.15) is 11.4 Å². The van der Waals surface area contributed by atoms with Crippen molar-refractivity contribution in [2.75, 3.05) is 0 Å². The van der Waals surface area contributed by atoms with Gasteiger partial charge in [-0.3, -0.25) is 20.2 Å². The lowest BCUT2D eigenvalue weighted by Gasteiger charge is -2.04. The maximum Gasteiger partial charge on any atom is 0.319 e. The number of rotatable bonds is 2. The molecule has 0 aliphatic heterocycles. The molecule has 0 heterocycles. The molecule has 0 bridgehead atoms. The first kappa shape index (κ1) is 12.5. The van der Waals surface area contributed by atoms with Gasteiger partial charge in [0.15, 0.2) is 0 Å². The van der Waals surface area contributed by atoms with Crippen molar-refractivity contribution in [3.63, 3.8) is 0 Å². The molecule has 7 nitrogen and oxygen atoms in total. The average molecular weight is 245 g/mol. The number of nitrogens with one attached hydrogen (secondary N) is 1. The van der Waals surface area contributed by atoms with Gasteiger partial charge >= 0.3 is 11.7 Å². The maximum absolute atomic E-state index is 13.4. The minimum Gasteiger partial charge on any atom is -0.351 e. The Morgan fingerprint density at radius 3 is 2.41 bits per heavy atom. The van der Waals surface area contributed by atoms with Crippen molar-refractivity contribution in [1.29, 1.82) is 0 Å². The molecule has 1 rings (SSSR count). The van der Waals surface area contributed by atoms with Crippen LogP contribution in [0.1, 0.15) is 10.4 Å². The van der Waals surface area contributed by atoms with E-state index in [2.05, 4.69) is 5.73 Å². The summed E-state index contributed by atoms with van der Waals surface area (Å²) in [4.78, 5) is 30.7. The summed E-state index contributed by atoms with van der Waals surface area (Å²) in [7, 11) is 0. The van der Waals surface area contributed by atoms with Crippen LogP contribution >= 0.6 is 0 Å². The lowest BCUT2D eigenvalue weighted by molar-refractivity contribution is -0.387. The molecule has 0 aromatic heterocycles. The fourth-order valence-electron chi connectivity index (χ4n) is 1.07. The van der Waals surface area contributed by atoms with Gasteiger partial charge in [-0.05, 0) is 6.07 Å². The third kappa shape index (κ3) is 2.51. The van der Waals surface area contributed by atoms with E-state index in [1.165, 1.54) is 5.32 Å². The van der Waals surface area contributed by atoms with E-state index in [0.717, 1.165) is 0 Å². The van der Waals surface area contributed by atoms with Crippen LogP contribution in [0.15, 0.2) is 12.1 Å². The van der Waals surface area contributed by atoms with Crippen LogP contribution in [0.25, 0.3) is 0 Å². The summed E-state index contributed by atoms with van der Waals surface area (Å²) in [6.07, 6.45) is 0. The van der Waals surface area contributed by atoms with Crippen molar-refractivity contribution in [2.45, 2.75) is 0 Å². The Morgan fingerprint density at radius 2 is 1.94 bits per heavy atom. The smallest absolute Gasteiger partial charge is 0.319 e. The van der Waals surface area contributed by atoms with E-state index < -0.39 is 39.7 Å². The van der Waals surface area contributed by atoms with E-state index in [0.29, 0.717) is 12.1 Å². The molecule has 90 valence electrons. The molecule has 9 heteroatoms. The summed E-state index contributed by atoms with van der Waals surface area (Å²) < 4.78 is 26.5. The number of benzene rings is 1. The van der Waals surface area contributed by atoms with Crippen molar-refractivity contribution in [1.82, 2.24) is 5.32 Å². The lowest BCUT2D eigenvalue weighted by Crippen LogP contribution is -2.36. The Balaban J connectivity index is 3.32. The zero-order valence-corrected chi connectivity index (χ0v) is 8.07. The van der Waals surface area contributed by atoms with Gasteiger partial charge in [-0.25, -0.2) is 9.18 Å². The molecule has 3 N–H and O–H groups in total. The van der Waals surface area contributed by atoms with E-state index in [1.807, 2.05) is 0 Å². The van der Waals surface area contributed by atoms with Gasteiger partial charge in [-0.1, -0.05) is 0 Å². The number of nitrogens with zero attached hydrogens (tertiary/aromatic N) is 1. The first-order valence-corrected chi connectivity index (χ1v) is 4.07. The maximum atomic E-state index is 13.4. The molecule has 0 aliphatic carbocycles. The monoisotopic (exact) mass is 245 g/mol. The standard InChI is InChI=1S/C8H5F2N3O4/c9-3-1-2-4(13(16)17)6(10)5(3)7(14)12-8(11)15/h1-2H,(H3,11,12,14,15). The van der Waals surface area contributed by atoms with Gasteiger partial charge in [-0.2, -0.15) is 4.39 Å². The van der Waals surface area contributed by atoms with Gasteiger partial charge in [-0.15, -0.1) is 0 Å². The number of amides is 3. The molecule has 3 amide bonds. The summed E-state index contributed by atoms with van der Waals surface area (Å²) in [6, 6.07) is -0.233. The number of hydrogen-bond acceptors (Lipinski definition) is 4. The van der Waals surface area contributed by atoms with Gasteiger partial charge in [0.25, 0.3) is 5.91 Å². The van der Waals surface area contributed by atoms with E-state index in [1.54, 1.807) is 0 Å². The van der Waals surface area contributed by atoms with Crippen LogP contribution in [0.3, 0.4) is 0 Å². The zero-order valence-electron chi connectivity index (χ0n) is 8.07. The predicted molar refractivity (Wildman–Crippen MR) is 50.1 cm³/mol. The van der Waals surface area contributed by atoms with Crippen LogP contribution in [0.5, 0.6) is 0 Å².